The van der Waals surface area contributed by atoms with Crippen LogP contribution in [-0.2, 0) is 11.3 Å². The molecule has 136 valence electrons. The van der Waals surface area contributed by atoms with Gasteiger partial charge in [-0.2, -0.15) is 0 Å². The molecule has 2 aromatic rings. The van der Waals surface area contributed by atoms with Crippen LogP contribution >= 0.6 is 11.3 Å². The monoisotopic (exact) mass is 364 g/mol. The third kappa shape index (κ3) is 4.93. The fourth-order valence-electron chi connectivity index (χ4n) is 2.64. The Morgan fingerprint density at radius 2 is 2.08 bits per heavy atom. The highest BCUT2D eigenvalue weighted by Crippen LogP contribution is 2.30. The summed E-state index contributed by atoms with van der Waals surface area (Å²) >= 11 is 1.71. The third-order valence-corrected chi connectivity index (χ3v) is 4.91. The number of nitrogens with zero attached hydrogens (tertiary/aromatic N) is 2. The van der Waals surface area contributed by atoms with E-state index in [2.05, 4.69) is 23.7 Å². The van der Waals surface area contributed by atoms with Crippen LogP contribution in [0.4, 0.5) is 0 Å². The second-order valence-corrected chi connectivity index (χ2v) is 7.34. The zero-order valence-electron chi connectivity index (χ0n) is 15.2. The maximum Gasteiger partial charge on any atom is 0.341 e. The molecule has 1 aromatic carbocycles. The third-order valence-electron chi connectivity index (χ3n) is 4.01. The van der Waals surface area contributed by atoms with Crippen molar-refractivity contribution in [2.24, 2.45) is 0 Å². The molecule has 0 aliphatic heterocycles. The molecular formula is C18H24N2O4S. The SMILES string of the molecule is COc1ccc(CN(C)C(C)c2nc(C)sc2C)cc1OCC(=O)O. The van der Waals surface area contributed by atoms with Gasteiger partial charge in [0.1, 0.15) is 0 Å². The number of ether oxygens (including phenoxy) is 2. The molecule has 0 fully saturated rings. The molecule has 0 aliphatic rings. The first-order valence-corrected chi connectivity index (χ1v) is 8.79. The van der Waals surface area contributed by atoms with Gasteiger partial charge in [0.25, 0.3) is 0 Å². The predicted octanol–water partition coefficient (Wildman–Crippen LogP) is 3.42. The van der Waals surface area contributed by atoms with Gasteiger partial charge in [0.2, 0.25) is 0 Å². The molecule has 25 heavy (non-hydrogen) atoms. The highest BCUT2D eigenvalue weighted by atomic mass is 32.1. The first-order chi connectivity index (χ1) is 11.8. The fraction of sp³-hybridized carbons (Fsp3) is 0.444. The summed E-state index contributed by atoms with van der Waals surface area (Å²) in [6.07, 6.45) is 0. The standard InChI is InChI=1S/C18H24N2O4S/c1-11(18-12(2)25-13(3)19-18)20(4)9-14-6-7-15(23-5)16(8-14)24-10-17(21)22/h6-8,11H,9-10H2,1-5H3,(H,21,22). The maximum absolute atomic E-state index is 10.7. The molecular weight excluding hydrogens is 340 g/mol. The summed E-state index contributed by atoms with van der Waals surface area (Å²) in [4.78, 5) is 18.8. The Labute approximate surface area is 152 Å². The molecule has 1 aromatic heterocycles. The second-order valence-electron chi connectivity index (χ2n) is 5.93. The van der Waals surface area contributed by atoms with Crippen molar-refractivity contribution in [3.63, 3.8) is 0 Å². The summed E-state index contributed by atoms with van der Waals surface area (Å²) in [5, 5.41) is 9.87. The van der Waals surface area contributed by atoms with Gasteiger partial charge >= 0.3 is 5.97 Å². The molecule has 0 saturated heterocycles. The number of methoxy groups -OCH3 is 1. The summed E-state index contributed by atoms with van der Waals surface area (Å²) in [6.45, 7) is 6.53. The van der Waals surface area contributed by atoms with Crippen LogP contribution in [0.25, 0.3) is 0 Å². The van der Waals surface area contributed by atoms with Gasteiger partial charge < -0.3 is 14.6 Å². The number of aryl methyl sites for hydroxylation is 2. The van der Waals surface area contributed by atoms with Gasteiger partial charge in [0.15, 0.2) is 18.1 Å². The zero-order chi connectivity index (χ0) is 18.6. The van der Waals surface area contributed by atoms with Crippen LogP contribution in [0.3, 0.4) is 0 Å². The maximum atomic E-state index is 10.7. The van der Waals surface area contributed by atoms with Crippen molar-refractivity contribution in [2.45, 2.75) is 33.4 Å². The number of rotatable bonds is 8. The number of carboxylic acid groups (broad SMARTS) is 1. The molecule has 6 nitrogen and oxygen atoms in total. The normalized spacial score (nSPS) is 12.2. The molecule has 1 unspecified atom stereocenters. The molecule has 0 aliphatic carbocycles. The summed E-state index contributed by atoms with van der Waals surface area (Å²) in [6, 6.07) is 5.75. The minimum Gasteiger partial charge on any atom is -0.493 e. The Balaban J connectivity index is 2.14. The average Bonchev–Trinajstić information content (AvgIpc) is 2.90. The first-order valence-electron chi connectivity index (χ1n) is 7.97. The summed E-state index contributed by atoms with van der Waals surface area (Å²) < 4.78 is 10.6. The Morgan fingerprint density at radius 1 is 1.36 bits per heavy atom. The van der Waals surface area contributed by atoms with E-state index >= 15 is 0 Å². The quantitative estimate of drug-likeness (QED) is 0.774. The molecule has 0 radical (unpaired) electrons. The fourth-order valence-corrected chi connectivity index (χ4v) is 3.55. The van der Waals surface area contributed by atoms with E-state index < -0.39 is 12.6 Å². The van der Waals surface area contributed by atoms with Crippen LogP contribution in [0.5, 0.6) is 11.5 Å². The lowest BCUT2D eigenvalue weighted by molar-refractivity contribution is -0.139. The number of benzene rings is 1. The minimum atomic E-state index is -1.02. The van der Waals surface area contributed by atoms with Crippen molar-refractivity contribution in [1.82, 2.24) is 9.88 Å². The predicted molar refractivity (Wildman–Crippen MR) is 97.6 cm³/mol. The molecule has 0 spiro atoms. The number of thiazole rings is 1. The lowest BCUT2D eigenvalue weighted by atomic mass is 10.1. The molecule has 0 saturated carbocycles. The van der Waals surface area contributed by atoms with Crippen molar-refractivity contribution in [2.75, 3.05) is 20.8 Å². The molecule has 1 N–H and O–H groups in total. The van der Waals surface area contributed by atoms with E-state index in [1.807, 2.05) is 26.1 Å². The van der Waals surface area contributed by atoms with Gasteiger partial charge in [-0.05, 0) is 45.5 Å². The van der Waals surface area contributed by atoms with Crippen LogP contribution in [0.1, 0.15) is 34.1 Å². The zero-order valence-corrected chi connectivity index (χ0v) is 16.0. The lowest BCUT2D eigenvalue weighted by Crippen LogP contribution is -2.22. The van der Waals surface area contributed by atoms with Gasteiger partial charge in [0.05, 0.1) is 23.9 Å². The Hall–Kier alpha value is -2.12. The van der Waals surface area contributed by atoms with E-state index in [-0.39, 0.29) is 6.04 Å². The summed E-state index contributed by atoms with van der Waals surface area (Å²) in [5.74, 6) is -0.0663. The lowest BCUT2D eigenvalue weighted by Gasteiger charge is -2.24. The van der Waals surface area contributed by atoms with Crippen molar-refractivity contribution >= 4 is 17.3 Å². The van der Waals surface area contributed by atoms with Crippen LogP contribution < -0.4 is 9.47 Å². The molecule has 0 amide bonds. The van der Waals surface area contributed by atoms with Gasteiger partial charge in [-0.25, -0.2) is 9.78 Å². The van der Waals surface area contributed by atoms with E-state index in [0.29, 0.717) is 18.0 Å². The Morgan fingerprint density at radius 3 is 2.64 bits per heavy atom. The van der Waals surface area contributed by atoms with Gasteiger partial charge in [0, 0.05) is 11.4 Å². The Kier molecular flexibility index (Phi) is 6.39. The number of aromatic nitrogens is 1. The first kappa shape index (κ1) is 19.2. The van der Waals surface area contributed by atoms with Gasteiger partial charge in [-0.15, -0.1) is 11.3 Å². The number of carbonyl (C=O) groups is 1. The largest absolute Gasteiger partial charge is 0.493 e. The van der Waals surface area contributed by atoms with Crippen LogP contribution in [0.2, 0.25) is 0 Å². The van der Waals surface area contributed by atoms with Gasteiger partial charge in [-0.3, -0.25) is 4.90 Å². The van der Waals surface area contributed by atoms with Crippen LogP contribution in [0, 0.1) is 13.8 Å². The molecule has 0 bridgehead atoms. The van der Waals surface area contributed by atoms with Crippen molar-refractivity contribution in [3.05, 3.63) is 39.3 Å². The molecule has 2 rings (SSSR count). The van der Waals surface area contributed by atoms with E-state index in [0.717, 1.165) is 16.3 Å². The van der Waals surface area contributed by atoms with Gasteiger partial charge in [-0.1, -0.05) is 6.07 Å². The average molecular weight is 364 g/mol. The molecule has 1 atom stereocenters. The molecule has 1 heterocycles. The molecule has 7 heteroatoms. The topological polar surface area (TPSA) is 71.9 Å². The smallest absolute Gasteiger partial charge is 0.341 e. The van der Waals surface area contributed by atoms with Crippen LogP contribution in [0.15, 0.2) is 18.2 Å². The Bertz CT molecular complexity index is 745. The number of hydrogen-bond acceptors (Lipinski definition) is 6. The number of carboxylic acids is 1. The highest BCUT2D eigenvalue weighted by molar-refractivity contribution is 7.11. The van der Waals surface area contributed by atoms with Crippen molar-refractivity contribution in [1.29, 1.82) is 0 Å². The van der Waals surface area contributed by atoms with E-state index in [1.165, 1.54) is 12.0 Å². The second kappa shape index (κ2) is 8.31. The summed E-state index contributed by atoms with van der Waals surface area (Å²) in [7, 11) is 3.57. The summed E-state index contributed by atoms with van der Waals surface area (Å²) in [5.41, 5.74) is 2.11. The van der Waals surface area contributed by atoms with E-state index in [4.69, 9.17) is 14.6 Å². The van der Waals surface area contributed by atoms with E-state index in [9.17, 15) is 4.79 Å². The van der Waals surface area contributed by atoms with Crippen molar-refractivity contribution in [3.8, 4) is 11.5 Å². The minimum absolute atomic E-state index is 0.176. The van der Waals surface area contributed by atoms with E-state index in [1.54, 1.807) is 17.4 Å². The number of aliphatic carboxylic acids is 1. The van der Waals surface area contributed by atoms with Crippen LogP contribution in [-0.4, -0.2) is 41.7 Å². The number of hydrogen-bond donors (Lipinski definition) is 1. The highest BCUT2D eigenvalue weighted by Gasteiger charge is 2.18. The van der Waals surface area contributed by atoms with Crippen molar-refractivity contribution < 1.29 is 19.4 Å².